The fraction of sp³-hybridized carbons (Fsp3) is 0.652. The van der Waals surface area contributed by atoms with E-state index in [1.165, 1.54) is 6.42 Å². The molecule has 162 valence electrons. The monoisotopic (exact) mass is 412 g/mol. The molecule has 2 aromatic rings. The van der Waals surface area contributed by atoms with Crippen molar-refractivity contribution in [3.05, 3.63) is 23.0 Å². The number of carbonyl (C=O) groups excluding carboxylic acids is 2. The van der Waals surface area contributed by atoms with Gasteiger partial charge >= 0.3 is 0 Å². The maximum absolute atomic E-state index is 13.4. The number of aryl methyl sites for hydroxylation is 1. The molecule has 2 amide bonds. The zero-order chi connectivity index (χ0) is 21.4. The van der Waals surface area contributed by atoms with Gasteiger partial charge in [0, 0.05) is 37.8 Å². The van der Waals surface area contributed by atoms with Gasteiger partial charge in [-0.05, 0) is 50.5 Å². The zero-order valence-corrected chi connectivity index (χ0v) is 18.5. The average Bonchev–Trinajstić information content (AvgIpc) is 3.13. The lowest BCUT2D eigenvalue weighted by atomic mass is 9.92. The van der Waals surface area contributed by atoms with Gasteiger partial charge in [-0.1, -0.05) is 25.9 Å². The number of piperidine rings is 2. The van der Waals surface area contributed by atoms with E-state index in [9.17, 15) is 9.59 Å². The van der Waals surface area contributed by atoms with Crippen LogP contribution in [0, 0.1) is 18.8 Å². The van der Waals surface area contributed by atoms with Gasteiger partial charge in [-0.15, -0.1) is 0 Å². The van der Waals surface area contributed by atoms with Crippen LogP contribution < -0.4 is 0 Å². The van der Waals surface area contributed by atoms with Gasteiger partial charge in [-0.3, -0.25) is 9.59 Å². The largest absolute Gasteiger partial charge is 0.342 e. The fourth-order valence-corrected chi connectivity index (χ4v) is 4.73. The predicted octanol–water partition coefficient (Wildman–Crippen LogP) is 3.77. The fourth-order valence-electron chi connectivity index (χ4n) is 4.73. The van der Waals surface area contributed by atoms with Crippen LogP contribution in [0.2, 0.25) is 0 Å². The number of hydrogen-bond acceptors (Lipinski definition) is 5. The Bertz CT molecular complexity index is 943. The molecule has 2 fully saturated rings. The van der Waals surface area contributed by atoms with Crippen LogP contribution >= 0.6 is 0 Å². The number of fused-ring (bicyclic) bond motifs is 1. The summed E-state index contributed by atoms with van der Waals surface area (Å²) in [7, 11) is 0. The third-order valence-corrected chi connectivity index (χ3v) is 6.56. The smallest absolute Gasteiger partial charge is 0.259 e. The highest BCUT2D eigenvalue weighted by Gasteiger charge is 2.33. The molecule has 0 aliphatic carbocycles. The molecule has 0 radical (unpaired) electrons. The van der Waals surface area contributed by atoms with Crippen molar-refractivity contribution in [1.82, 2.24) is 19.9 Å². The third-order valence-electron chi connectivity index (χ3n) is 6.56. The summed E-state index contributed by atoms with van der Waals surface area (Å²) in [5, 5.41) is 4.72. The number of nitrogens with zero attached hydrogens (tertiary/aromatic N) is 4. The third kappa shape index (κ3) is 3.94. The lowest BCUT2D eigenvalue weighted by Gasteiger charge is -2.37. The Balaban J connectivity index is 1.48. The predicted molar refractivity (Wildman–Crippen MR) is 114 cm³/mol. The summed E-state index contributed by atoms with van der Waals surface area (Å²) in [5.74, 6) is 1.05. The van der Waals surface area contributed by atoms with Crippen molar-refractivity contribution in [3.8, 4) is 0 Å². The van der Waals surface area contributed by atoms with Gasteiger partial charge in [0.2, 0.25) is 5.91 Å². The number of aromatic nitrogens is 2. The van der Waals surface area contributed by atoms with Crippen LogP contribution in [0.1, 0.15) is 74.1 Å². The van der Waals surface area contributed by atoms with Gasteiger partial charge in [-0.25, -0.2) is 4.98 Å². The van der Waals surface area contributed by atoms with E-state index in [2.05, 4.69) is 17.1 Å². The van der Waals surface area contributed by atoms with Crippen LogP contribution in [0.15, 0.2) is 10.6 Å². The molecule has 4 rings (SSSR count). The van der Waals surface area contributed by atoms with Crippen molar-refractivity contribution >= 4 is 22.9 Å². The molecule has 0 spiro atoms. The highest BCUT2D eigenvalue weighted by molar-refractivity contribution is 6.06. The Kier molecular flexibility index (Phi) is 5.80. The Morgan fingerprint density at radius 2 is 1.87 bits per heavy atom. The first-order chi connectivity index (χ1) is 14.3. The maximum atomic E-state index is 13.4. The summed E-state index contributed by atoms with van der Waals surface area (Å²) < 4.78 is 5.36. The topological polar surface area (TPSA) is 79.5 Å². The number of rotatable bonds is 3. The standard InChI is InChI=1S/C23H32N4O3/c1-14(2)19-12-18(20-16(4)25-30-21(20)24-19)23(29)26-10-7-17(8-11-26)22(28)27-9-5-6-15(3)13-27/h12,14-15,17H,5-11,13H2,1-4H3. The molecule has 1 unspecified atom stereocenters. The van der Waals surface area contributed by atoms with Gasteiger partial charge in [-0.2, -0.15) is 0 Å². The van der Waals surface area contributed by atoms with Crippen molar-refractivity contribution in [1.29, 1.82) is 0 Å². The summed E-state index contributed by atoms with van der Waals surface area (Å²) in [4.78, 5) is 34.8. The van der Waals surface area contributed by atoms with E-state index in [0.717, 1.165) is 38.0 Å². The first kappa shape index (κ1) is 20.8. The van der Waals surface area contributed by atoms with Crippen LogP contribution in [0.5, 0.6) is 0 Å². The summed E-state index contributed by atoms with van der Waals surface area (Å²) >= 11 is 0. The number of pyridine rings is 1. The molecule has 0 N–H and O–H groups in total. The second kappa shape index (κ2) is 8.36. The highest BCUT2D eigenvalue weighted by atomic mass is 16.5. The van der Waals surface area contributed by atoms with E-state index in [0.29, 0.717) is 41.4 Å². The van der Waals surface area contributed by atoms with E-state index in [1.807, 2.05) is 36.6 Å². The number of likely N-dealkylation sites (tertiary alicyclic amines) is 2. The summed E-state index contributed by atoms with van der Waals surface area (Å²) in [6.45, 7) is 11.1. The van der Waals surface area contributed by atoms with Crippen molar-refractivity contribution in [2.75, 3.05) is 26.2 Å². The van der Waals surface area contributed by atoms with Gasteiger partial charge in [0.05, 0.1) is 16.6 Å². The molecule has 0 bridgehead atoms. The van der Waals surface area contributed by atoms with Gasteiger partial charge < -0.3 is 14.3 Å². The summed E-state index contributed by atoms with van der Waals surface area (Å²) in [6, 6.07) is 1.88. The minimum absolute atomic E-state index is 0.0203. The average molecular weight is 413 g/mol. The van der Waals surface area contributed by atoms with Crippen molar-refractivity contribution in [2.45, 2.75) is 59.3 Å². The molecule has 2 saturated heterocycles. The normalized spacial score (nSPS) is 20.9. The molecule has 2 aromatic heterocycles. The number of hydrogen-bond donors (Lipinski definition) is 0. The van der Waals surface area contributed by atoms with Crippen LogP contribution in [0.4, 0.5) is 0 Å². The molecular weight excluding hydrogens is 380 g/mol. The van der Waals surface area contributed by atoms with Gasteiger partial charge in [0.15, 0.2) is 0 Å². The van der Waals surface area contributed by atoms with Crippen LogP contribution in [0.25, 0.3) is 11.1 Å². The Hall–Kier alpha value is -2.44. The van der Waals surface area contributed by atoms with Crippen LogP contribution in [-0.2, 0) is 4.79 Å². The van der Waals surface area contributed by atoms with E-state index >= 15 is 0 Å². The molecule has 2 aliphatic rings. The molecule has 1 atom stereocenters. The highest BCUT2D eigenvalue weighted by Crippen LogP contribution is 2.29. The van der Waals surface area contributed by atoms with Crippen molar-refractivity contribution < 1.29 is 14.1 Å². The summed E-state index contributed by atoms with van der Waals surface area (Å²) in [5.41, 5.74) is 2.54. The number of amides is 2. The lowest BCUT2D eigenvalue weighted by Crippen LogP contribution is -2.47. The van der Waals surface area contributed by atoms with Crippen LogP contribution in [-0.4, -0.2) is 57.9 Å². The molecule has 2 aliphatic heterocycles. The Morgan fingerprint density at radius 1 is 1.13 bits per heavy atom. The minimum atomic E-state index is -0.0203. The van der Waals surface area contributed by atoms with E-state index in [4.69, 9.17) is 4.52 Å². The van der Waals surface area contributed by atoms with Gasteiger partial charge in [0.25, 0.3) is 11.6 Å². The van der Waals surface area contributed by atoms with Crippen LogP contribution in [0.3, 0.4) is 0 Å². The molecule has 0 aromatic carbocycles. The molecule has 7 heteroatoms. The van der Waals surface area contributed by atoms with E-state index in [-0.39, 0.29) is 23.7 Å². The molecule has 7 nitrogen and oxygen atoms in total. The quantitative estimate of drug-likeness (QED) is 0.767. The minimum Gasteiger partial charge on any atom is -0.342 e. The van der Waals surface area contributed by atoms with Crippen molar-refractivity contribution in [2.24, 2.45) is 11.8 Å². The SMILES string of the molecule is Cc1noc2nc(C(C)C)cc(C(=O)N3CCC(C(=O)N4CCCC(C)C4)CC3)c12. The van der Waals surface area contributed by atoms with Gasteiger partial charge in [0.1, 0.15) is 0 Å². The van der Waals surface area contributed by atoms with E-state index in [1.54, 1.807) is 0 Å². The number of carbonyl (C=O) groups is 2. The lowest BCUT2D eigenvalue weighted by molar-refractivity contribution is -0.138. The Labute approximate surface area is 177 Å². The van der Waals surface area contributed by atoms with Crippen molar-refractivity contribution in [3.63, 3.8) is 0 Å². The molecule has 30 heavy (non-hydrogen) atoms. The maximum Gasteiger partial charge on any atom is 0.259 e. The first-order valence-corrected chi connectivity index (χ1v) is 11.2. The first-order valence-electron chi connectivity index (χ1n) is 11.2. The summed E-state index contributed by atoms with van der Waals surface area (Å²) in [6.07, 6.45) is 3.75. The second-order valence-corrected chi connectivity index (χ2v) is 9.30. The molecule has 4 heterocycles. The van der Waals surface area contributed by atoms with E-state index < -0.39 is 0 Å². The second-order valence-electron chi connectivity index (χ2n) is 9.30. The zero-order valence-electron chi connectivity index (χ0n) is 18.5. The molecule has 0 saturated carbocycles. The Morgan fingerprint density at radius 3 is 2.53 bits per heavy atom. The molecular formula is C23H32N4O3.